The summed E-state index contributed by atoms with van der Waals surface area (Å²) in [6.45, 7) is 3.05. The molecule has 0 unspecified atom stereocenters. The van der Waals surface area contributed by atoms with Gasteiger partial charge in [0.25, 0.3) is 5.91 Å². The van der Waals surface area contributed by atoms with Crippen LogP contribution in [0.25, 0.3) is 0 Å². The molecule has 7 nitrogen and oxygen atoms in total. The van der Waals surface area contributed by atoms with Gasteiger partial charge in [-0.25, -0.2) is 8.42 Å². The summed E-state index contributed by atoms with van der Waals surface area (Å²) >= 11 is 1.34. The van der Waals surface area contributed by atoms with Crippen molar-refractivity contribution in [1.29, 1.82) is 5.26 Å². The van der Waals surface area contributed by atoms with Gasteiger partial charge >= 0.3 is 0 Å². The number of ether oxygens (including phenoxy) is 1. The molecule has 0 radical (unpaired) electrons. The van der Waals surface area contributed by atoms with E-state index in [2.05, 4.69) is 11.4 Å². The molecule has 1 N–H and O–H groups in total. The minimum atomic E-state index is -3.70. The fraction of sp³-hybridized carbons (Fsp3) is 0.200. The zero-order valence-electron chi connectivity index (χ0n) is 18.5. The van der Waals surface area contributed by atoms with Crippen molar-refractivity contribution in [2.75, 3.05) is 31.6 Å². The highest BCUT2D eigenvalue weighted by atomic mass is 32.2. The van der Waals surface area contributed by atoms with E-state index in [4.69, 9.17) is 4.74 Å². The van der Waals surface area contributed by atoms with Crippen LogP contribution in [0.15, 0.2) is 81.4 Å². The van der Waals surface area contributed by atoms with E-state index in [1.807, 2.05) is 24.3 Å². The van der Waals surface area contributed by atoms with Crippen molar-refractivity contribution >= 4 is 33.4 Å². The molecule has 0 spiro atoms. The lowest BCUT2D eigenvalue weighted by atomic mass is 10.2. The second-order valence-electron chi connectivity index (χ2n) is 7.66. The molecular formula is C25H23N3O4S2. The lowest BCUT2D eigenvalue weighted by Gasteiger charge is -2.26. The lowest BCUT2D eigenvalue weighted by molar-refractivity contribution is 0.0730. The first kappa shape index (κ1) is 24.0. The number of hydrogen-bond donors (Lipinski definition) is 1. The number of aryl methyl sites for hydroxylation is 1. The average molecular weight is 494 g/mol. The number of nitriles is 1. The molecule has 3 aromatic rings. The average Bonchev–Trinajstić information content (AvgIpc) is 2.86. The maximum Gasteiger partial charge on any atom is 0.256 e. The molecule has 0 aliphatic carbocycles. The molecule has 1 fully saturated rings. The van der Waals surface area contributed by atoms with Crippen molar-refractivity contribution in [3.8, 4) is 6.07 Å². The van der Waals surface area contributed by atoms with Gasteiger partial charge in [0.15, 0.2) is 0 Å². The number of amides is 1. The van der Waals surface area contributed by atoms with Gasteiger partial charge in [-0.15, -0.1) is 0 Å². The molecule has 0 saturated carbocycles. The minimum Gasteiger partial charge on any atom is -0.379 e. The van der Waals surface area contributed by atoms with Crippen LogP contribution in [-0.2, 0) is 14.8 Å². The predicted octanol–water partition coefficient (Wildman–Crippen LogP) is 4.29. The monoisotopic (exact) mass is 493 g/mol. The van der Waals surface area contributed by atoms with Crippen LogP contribution in [-0.4, -0.2) is 44.9 Å². The summed E-state index contributed by atoms with van der Waals surface area (Å²) in [7, 11) is -3.70. The van der Waals surface area contributed by atoms with Crippen molar-refractivity contribution < 1.29 is 17.9 Å². The SMILES string of the molecule is Cc1ccc(NC(=O)c2ccccc2Sc2ccccc2C#N)cc1S(=O)(=O)N1CCOCC1. The van der Waals surface area contributed by atoms with Crippen molar-refractivity contribution in [1.82, 2.24) is 4.31 Å². The van der Waals surface area contributed by atoms with Crippen LogP contribution in [0.1, 0.15) is 21.5 Å². The normalized spacial score (nSPS) is 14.4. The molecule has 1 saturated heterocycles. The molecule has 0 atom stereocenters. The summed E-state index contributed by atoms with van der Waals surface area (Å²) in [4.78, 5) is 14.8. The Morgan fingerprint density at radius 1 is 1.03 bits per heavy atom. The van der Waals surface area contributed by atoms with Crippen molar-refractivity contribution in [3.05, 3.63) is 83.4 Å². The van der Waals surface area contributed by atoms with Crippen LogP contribution in [0.4, 0.5) is 5.69 Å². The molecule has 1 aliphatic heterocycles. The maximum absolute atomic E-state index is 13.2. The summed E-state index contributed by atoms with van der Waals surface area (Å²) in [6, 6.07) is 21.3. The molecule has 1 amide bonds. The summed E-state index contributed by atoms with van der Waals surface area (Å²) in [5.41, 5.74) is 1.95. The first-order valence-corrected chi connectivity index (χ1v) is 12.9. The summed E-state index contributed by atoms with van der Waals surface area (Å²) in [5, 5.41) is 12.2. The molecule has 0 aromatic heterocycles. The third-order valence-electron chi connectivity index (χ3n) is 5.39. The van der Waals surface area contributed by atoms with Gasteiger partial charge in [-0.05, 0) is 48.9 Å². The van der Waals surface area contributed by atoms with Crippen molar-refractivity contribution in [2.24, 2.45) is 0 Å². The molecule has 9 heteroatoms. The quantitative estimate of drug-likeness (QED) is 0.550. The van der Waals surface area contributed by atoms with Crippen molar-refractivity contribution in [3.63, 3.8) is 0 Å². The van der Waals surface area contributed by atoms with E-state index in [0.717, 1.165) is 4.90 Å². The van der Waals surface area contributed by atoms with Crippen LogP contribution in [0, 0.1) is 18.3 Å². The van der Waals surface area contributed by atoms with E-state index >= 15 is 0 Å². The minimum absolute atomic E-state index is 0.165. The predicted molar refractivity (Wildman–Crippen MR) is 130 cm³/mol. The molecule has 174 valence electrons. The first-order valence-electron chi connectivity index (χ1n) is 10.7. The smallest absolute Gasteiger partial charge is 0.256 e. The van der Waals surface area contributed by atoms with E-state index in [9.17, 15) is 18.5 Å². The van der Waals surface area contributed by atoms with E-state index in [1.54, 1.807) is 43.3 Å². The molecule has 4 rings (SSSR count). The molecule has 1 heterocycles. The number of carbonyl (C=O) groups excluding carboxylic acids is 1. The number of morpholine rings is 1. The second-order valence-corrected chi connectivity index (χ2v) is 10.6. The van der Waals surface area contributed by atoms with Crippen LogP contribution < -0.4 is 5.32 Å². The highest BCUT2D eigenvalue weighted by Crippen LogP contribution is 2.33. The summed E-state index contributed by atoms with van der Waals surface area (Å²) in [6.07, 6.45) is 0. The van der Waals surface area contributed by atoms with Gasteiger partial charge in [-0.3, -0.25) is 4.79 Å². The number of nitrogens with one attached hydrogen (secondary N) is 1. The molecular weight excluding hydrogens is 470 g/mol. The highest BCUT2D eigenvalue weighted by Gasteiger charge is 2.28. The van der Waals surface area contributed by atoms with Crippen LogP contribution in [0.5, 0.6) is 0 Å². The zero-order valence-corrected chi connectivity index (χ0v) is 20.2. The standard InChI is InChI=1S/C25H23N3O4S2/c1-18-10-11-20(16-24(18)34(30,31)28-12-14-32-15-13-28)27-25(29)21-7-3-5-9-23(21)33-22-8-4-2-6-19(22)17-26/h2-11,16H,12-15H2,1H3,(H,27,29). The molecule has 3 aromatic carbocycles. The number of benzene rings is 3. The Hall–Kier alpha value is -3.16. The van der Waals surface area contributed by atoms with Crippen molar-refractivity contribution in [2.45, 2.75) is 21.6 Å². The zero-order chi connectivity index (χ0) is 24.1. The second kappa shape index (κ2) is 10.4. The Balaban J connectivity index is 1.60. The Labute approximate surface area is 203 Å². The number of nitrogens with zero attached hydrogens (tertiary/aromatic N) is 2. The topological polar surface area (TPSA) is 99.5 Å². The molecule has 0 bridgehead atoms. The summed E-state index contributed by atoms with van der Waals surface area (Å²) < 4.78 is 33.0. The van der Waals surface area contributed by atoms with Gasteiger partial charge in [-0.2, -0.15) is 9.57 Å². The van der Waals surface area contributed by atoms with Gasteiger partial charge in [0.05, 0.1) is 29.2 Å². The molecule has 1 aliphatic rings. The first-order chi connectivity index (χ1) is 16.4. The van der Waals surface area contributed by atoms with Gasteiger partial charge in [0.1, 0.15) is 6.07 Å². The third-order valence-corrected chi connectivity index (χ3v) is 8.59. The van der Waals surface area contributed by atoms with Gasteiger partial charge < -0.3 is 10.1 Å². The number of hydrogen-bond acceptors (Lipinski definition) is 6. The third kappa shape index (κ3) is 5.16. The van der Waals surface area contributed by atoms with Gasteiger partial charge in [-0.1, -0.05) is 42.1 Å². The molecule has 34 heavy (non-hydrogen) atoms. The van der Waals surface area contributed by atoms with Gasteiger partial charge in [0.2, 0.25) is 10.0 Å². The van der Waals surface area contributed by atoms with E-state index in [0.29, 0.717) is 53.6 Å². The number of sulfonamides is 1. The summed E-state index contributed by atoms with van der Waals surface area (Å²) in [5.74, 6) is -0.365. The van der Waals surface area contributed by atoms with Crippen LogP contribution in [0.2, 0.25) is 0 Å². The number of rotatable bonds is 6. The Morgan fingerprint density at radius 3 is 2.44 bits per heavy atom. The largest absolute Gasteiger partial charge is 0.379 e. The van der Waals surface area contributed by atoms with Crippen LogP contribution >= 0.6 is 11.8 Å². The fourth-order valence-corrected chi connectivity index (χ4v) is 6.27. The van der Waals surface area contributed by atoms with E-state index in [1.165, 1.54) is 22.1 Å². The highest BCUT2D eigenvalue weighted by molar-refractivity contribution is 7.99. The Bertz CT molecular complexity index is 1360. The number of anilines is 1. The Kier molecular flexibility index (Phi) is 7.34. The van der Waals surface area contributed by atoms with Crippen LogP contribution in [0.3, 0.4) is 0 Å². The lowest BCUT2D eigenvalue weighted by Crippen LogP contribution is -2.40. The fourth-order valence-electron chi connectivity index (χ4n) is 3.59. The Morgan fingerprint density at radius 2 is 1.71 bits per heavy atom. The van der Waals surface area contributed by atoms with E-state index in [-0.39, 0.29) is 10.8 Å². The van der Waals surface area contributed by atoms with Gasteiger partial charge in [0, 0.05) is 28.6 Å². The maximum atomic E-state index is 13.2. The number of carbonyl (C=O) groups is 1. The van der Waals surface area contributed by atoms with E-state index < -0.39 is 10.0 Å².